The lowest BCUT2D eigenvalue weighted by Gasteiger charge is -2.37. The van der Waals surface area contributed by atoms with Crippen LogP contribution in [0.25, 0.3) is 0 Å². The maximum Gasteiger partial charge on any atom is 0.158 e. The largest absolute Gasteiger partial charge is 0.298 e. The highest BCUT2D eigenvalue weighted by molar-refractivity contribution is 5.96. The van der Waals surface area contributed by atoms with Crippen molar-refractivity contribution in [2.45, 2.75) is 122 Å². The van der Waals surface area contributed by atoms with E-state index in [0.29, 0.717) is 11.7 Å². The molecule has 6 unspecified atom stereocenters. The number of rotatable bonds is 7. The van der Waals surface area contributed by atoms with Gasteiger partial charge in [-0.25, -0.2) is 0 Å². The first-order valence-electron chi connectivity index (χ1n) is 16.4. The Balaban J connectivity index is 1.11. The number of carbonyl (C=O) groups is 2. The first-order valence-corrected chi connectivity index (χ1v) is 16.4. The Hall–Kier alpha value is -1.70. The summed E-state index contributed by atoms with van der Waals surface area (Å²) < 4.78 is 0. The van der Waals surface area contributed by atoms with E-state index in [-0.39, 0.29) is 23.5 Å². The normalized spacial score (nSPS) is 36.3. The maximum absolute atomic E-state index is 14.0. The molecule has 0 saturated heterocycles. The molecule has 6 atom stereocenters. The Labute approximate surface area is 231 Å². The topological polar surface area (TPSA) is 34.1 Å². The van der Waals surface area contributed by atoms with Crippen molar-refractivity contribution >= 4 is 11.6 Å². The van der Waals surface area contributed by atoms with E-state index in [1.807, 2.05) is 6.08 Å². The molecule has 0 aliphatic heterocycles. The standard InChI is InChI=1S/C36H50O2/c1-24(18-21-34(37)29-20-19-27(22-29)25-10-3-2-4-11-25)35-32-17-8-7-16-31(32)33(36(35)38)23-28-14-9-13-26-12-5-6-15-30(26)28/h13,18,21,25,27-30,33,35H,1-12,14-17,19-20,22-23H2/b21-18+. The van der Waals surface area contributed by atoms with E-state index >= 15 is 0 Å². The summed E-state index contributed by atoms with van der Waals surface area (Å²) in [5, 5.41) is 0. The third kappa shape index (κ3) is 5.35. The van der Waals surface area contributed by atoms with Crippen molar-refractivity contribution in [3.8, 4) is 0 Å². The van der Waals surface area contributed by atoms with Gasteiger partial charge in [-0.15, -0.1) is 0 Å². The predicted octanol–water partition coefficient (Wildman–Crippen LogP) is 9.27. The van der Waals surface area contributed by atoms with Crippen molar-refractivity contribution in [3.63, 3.8) is 0 Å². The zero-order chi connectivity index (χ0) is 26.1. The molecular formula is C36H50O2. The van der Waals surface area contributed by atoms with E-state index in [4.69, 9.17) is 0 Å². The second kappa shape index (κ2) is 11.8. The van der Waals surface area contributed by atoms with Crippen LogP contribution in [0.15, 0.2) is 47.1 Å². The third-order valence-electron chi connectivity index (χ3n) is 11.7. The monoisotopic (exact) mass is 514 g/mol. The molecular weight excluding hydrogens is 464 g/mol. The van der Waals surface area contributed by atoms with Crippen molar-refractivity contribution in [2.75, 3.05) is 0 Å². The second-order valence-corrected chi connectivity index (χ2v) is 13.8. The van der Waals surface area contributed by atoms with E-state index < -0.39 is 0 Å². The number of hydrogen-bond donors (Lipinski definition) is 0. The van der Waals surface area contributed by atoms with Gasteiger partial charge in [0, 0.05) is 11.8 Å². The Bertz CT molecular complexity index is 1020. The molecule has 0 aromatic heterocycles. The molecule has 2 nitrogen and oxygen atoms in total. The quantitative estimate of drug-likeness (QED) is 0.193. The zero-order valence-corrected chi connectivity index (χ0v) is 23.7. The number of Topliss-reactive ketones (excluding diaryl/α,β-unsaturated/α-hetero) is 1. The molecule has 3 saturated carbocycles. The number of fused-ring (bicyclic) bond motifs is 1. The van der Waals surface area contributed by atoms with Crippen LogP contribution in [0.3, 0.4) is 0 Å². The van der Waals surface area contributed by atoms with Crippen LogP contribution in [0.4, 0.5) is 0 Å². The lowest BCUT2D eigenvalue weighted by molar-refractivity contribution is -0.123. The Kier molecular flexibility index (Phi) is 8.24. The highest BCUT2D eigenvalue weighted by Gasteiger charge is 2.44. The van der Waals surface area contributed by atoms with Crippen LogP contribution in [0.5, 0.6) is 0 Å². The summed E-state index contributed by atoms with van der Waals surface area (Å²) in [6, 6.07) is 0. The first kappa shape index (κ1) is 26.5. The molecule has 6 aliphatic carbocycles. The molecule has 0 amide bonds. The molecule has 206 valence electrons. The minimum absolute atomic E-state index is 0.105. The summed E-state index contributed by atoms with van der Waals surface area (Å²) in [6.07, 6.45) is 29.9. The van der Waals surface area contributed by atoms with Crippen molar-refractivity contribution in [2.24, 2.45) is 41.4 Å². The molecule has 0 bridgehead atoms. The smallest absolute Gasteiger partial charge is 0.158 e. The molecule has 0 aromatic rings. The van der Waals surface area contributed by atoms with Crippen molar-refractivity contribution in [3.05, 3.63) is 47.1 Å². The SMILES string of the molecule is C=C(/C=C/C(=O)C1CCC(C2CCCCC2)C1)C1C(=O)C(CC2CCC=C3CCCCC32)C2=C1CCCC2. The Morgan fingerprint density at radius 1 is 0.816 bits per heavy atom. The highest BCUT2D eigenvalue weighted by Crippen LogP contribution is 2.50. The van der Waals surface area contributed by atoms with Crippen LogP contribution in [0, 0.1) is 41.4 Å². The van der Waals surface area contributed by atoms with Crippen molar-refractivity contribution in [1.82, 2.24) is 0 Å². The van der Waals surface area contributed by atoms with E-state index in [9.17, 15) is 9.59 Å². The van der Waals surface area contributed by atoms with Crippen LogP contribution in [0.2, 0.25) is 0 Å². The molecule has 0 heterocycles. The molecule has 2 heteroatoms. The van der Waals surface area contributed by atoms with E-state index in [2.05, 4.69) is 12.7 Å². The van der Waals surface area contributed by atoms with Crippen LogP contribution in [0.1, 0.15) is 122 Å². The van der Waals surface area contributed by atoms with E-state index in [1.54, 1.807) is 11.6 Å². The minimum Gasteiger partial charge on any atom is -0.298 e. The minimum atomic E-state index is -0.164. The van der Waals surface area contributed by atoms with E-state index in [0.717, 1.165) is 55.4 Å². The van der Waals surface area contributed by atoms with Gasteiger partial charge in [0.15, 0.2) is 11.6 Å². The lowest BCUT2D eigenvalue weighted by atomic mass is 9.67. The Morgan fingerprint density at radius 2 is 1.58 bits per heavy atom. The highest BCUT2D eigenvalue weighted by atomic mass is 16.1. The maximum atomic E-state index is 14.0. The second-order valence-electron chi connectivity index (χ2n) is 13.8. The fourth-order valence-electron chi connectivity index (χ4n) is 9.74. The first-order chi connectivity index (χ1) is 18.6. The summed E-state index contributed by atoms with van der Waals surface area (Å²) in [4.78, 5) is 27.2. The van der Waals surface area contributed by atoms with Gasteiger partial charge < -0.3 is 0 Å². The fraction of sp³-hybridized carbons (Fsp3) is 0.722. The predicted molar refractivity (Wildman–Crippen MR) is 156 cm³/mol. The van der Waals surface area contributed by atoms with Gasteiger partial charge in [0.2, 0.25) is 0 Å². The summed E-state index contributed by atoms with van der Waals surface area (Å²) in [6.45, 7) is 4.41. The van der Waals surface area contributed by atoms with Gasteiger partial charge in [0.1, 0.15) is 0 Å². The van der Waals surface area contributed by atoms with Crippen LogP contribution in [-0.2, 0) is 9.59 Å². The molecule has 0 aromatic carbocycles. The van der Waals surface area contributed by atoms with Crippen LogP contribution >= 0.6 is 0 Å². The Morgan fingerprint density at radius 3 is 2.42 bits per heavy atom. The molecule has 3 fully saturated rings. The number of carbonyl (C=O) groups excluding carboxylic acids is 2. The summed E-state index contributed by atoms with van der Waals surface area (Å²) in [5.41, 5.74) is 5.45. The molecule has 38 heavy (non-hydrogen) atoms. The zero-order valence-electron chi connectivity index (χ0n) is 23.7. The van der Waals surface area contributed by atoms with Crippen molar-refractivity contribution < 1.29 is 9.59 Å². The van der Waals surface area contributed by atoms with Gasteiger partial charge >= 0.3 is 0 Å². The van der Waals surface area contributed by atoms with Gasteiger partial charge in [0.25, 0.3) is 0 Å². The molecule has 0 N–H and O–H groups in total. The summed E-state index contributed by atoms with van der Waals surface area (Å²) >= 11 is 0. The van der Waals surface area contributed by atoms with Crippen molar-refractivity contribution in [1.29, 1.82) is 0 Å². The van der Waals surface area contributed by atoms with Gasteiger partial charge in [-0.1, -0.05) is 74.0 Å². The molecule has 6 rings (SSSR count). The molecule has 0 radical (unpaired) electrons. The molecule has 0 spiro atoms. The molecule has 6 aliphatic rings. The average molecular weight is 515 g/mol. The van der Waals surface area contributed by atoms with Crippen LogP contribution < -0.4 is 0 Å². The van der Waals surface area contributed by atoms with Gasteiger partial charge in [-0.2, -0.15) is 0 Å². The van der Waals surface area contributed by atoms with Gasteiger partial charge in [-0.05, 0) is 119 Å². The number of ketones is 2. The summed E-state index contributed by atoms with van der Waals surface area (Å²) in [7, 11) is 0. The lowest BCUT2D eigenvalue weighted by Crippen LogP contribution is -2.28. The number of allylic oxidation sites excluding steroid dienone is 7. The van der Waals surface area contributed by atoms with Crippen LogP contribution in [-0.4, -0.2) is 11.6 Å². The van der Waals surface area contributed by atoms with Gasteiger partial charge in [-0.3, -0.25) is 9.59 Å². The van der Waals surface area contributed by atoms with Gasteiger partial charge in [0.05, 0.1) is 5.92 Å². The third-order valence-corrected chi connectivity index (χ3v) is 11.7. The fourth-order valence-corrected chi connectivity index (χ4v) is 9.74. The summed E-state index contributed by atoms with van der Waals surface area (Å²) in [5.74, 6) is 3.82. The average Bonchev–Trinajstić information content (AvgIpc) is 3.56. The van der Waals surface area contributed by atoms with E-state index in [1.165, 1.54) is 101 Å². The number of hydrogen-bond acceptors (Lipinski definition) is 2.